The Bertz CT molecular complexity index is 322. The Morgan fingerprint density at radius 2 is 1.73 bits per heavy atom. The zero-order chi connectivity index (χ0) is 10.7. The molecule has 0 saturated carbocycles. The van der Waals surface area contributed by atoms with Gasteiger partial charge in [-0.15, -0.1) is 0 Å². The maximum Gasteiger partial charge on any atom is 1.00 e. The van der Waals surface area contributed by atoms with Crippen molar-refractivity contribution >= 4 is 21.9 Å². The van der Waals surface area contributed by atoms with Crippen molar-refractivity contribution in [1.29, 1.82) is 0 Å². The van der Waals surface area contributed by atoms with Crippen molar-refractivity contribution in [3.8, 4) is 0 Å². The van der Waals surface area contributed by atoms with E-state index in [-0.39, 0.29) is 35.5 Å². The van der Waals surface area contributed by atoms with Gasteiger partial charge in [0.25, 0.3) is 0 Å². The summed E-state index contributed by atoms with van der Waals surface area (Å²) in [7, 11) is 0. The number of carbonyl (C=O) groups is 1. The van der Waals surface area contributed by atoms with E-state index in [1.807, 2.05) is 38.1 Å². The van der Waals surface area contributed by atoms with E-state index in [1.54, 1.807) is 0 Å². The molecular formula is C11H12BrNaO2. The Morgan fingerprint density at radius 1 is 1.27 bits per heavy atom. The fourth-order valence-electron chi connectivity index (χ4n) is 1.46. The van der Waals surface area contributed by atoms with Gasteiger partial charge >= 0.3 is 29.6 Å². The predicted octanol–water partition coefficient (Wildman–Crippen LogP) is -1.06. The number of benzene rings is 1. The van der Waals surface area contributed by atoms with Gasteiger partial charge in [-0.1, -0.05) is 41.9 Å². The minimum atomic E-state index is -1.01. The van der Waals surface area contributed by atoms with Crippen LogP contribution in [0.4, 0.5) is 0 Å². The number of carboxylic acids is 1. The SMILES string of the molecule is CC(C)C(C(=O)[O-])c1ccc(Br)cc1.[Na+]. The number of hydrogen-bond acceptors (Lipinski definition) is 2. The number of carbonyl (C=O) groups excluding carboxylic acids is 1. The van der Waals surface area contributed by atoms with Crippen LogP contribution in [-0.4, -0.2) is 5.97 Å². The predicted molar refractivity (Wildman–Crippen MR) is 56.7 cm³/mol. The van der Waals surface area contributed by atoms with E-state index in [4.69, 9.17) is 0 Å². The molecule has 0 N–H and O–H groups in total. The van der Waals surface area contributed by atoms with Crippen molar-refractivity contribution in [3.05, 3.63) is 34.3 Å². The Morgan fingerprint density at radius 3 is 2.07 bits per heavy atom. The number of halogens is 1. The zero-order valence-corrected chi connectivity index (χ0v) is 12.7. The molecule has 0 fully saturated rings. The third-order valence-corrected chi connectivity index (χ3v) is 2.68. The number of carboxylic acid groups (broad SMARTS) is 1. The van der Waals surface area contributed by atoms with Crippen molar-refractivity contribution in [1.82, 2.24) is 0 Å². The van der Waals surface area contributed by atoms with Crippen LogP contribution in [0.15, 0.2) is 28.7 Å². The summed E-state index contributed by atoms with van der Waals surface area (Å²) in [5.74, 6) is -1.49. The molecule has 1 aromatic carbocycles. The van der Waals surface area contributed by atoms with Crippen molar-refractivity contribution in [2.45, 2.75) is 19.8 Å². The molecular weight excluding hydrogens is 267 g/mol. The monoisotopic (exact) mass is 278 g/mol. The molecule has 0 amide bonds. The van der Waals surface area contributed by atoms with Crippen LogP contribution in [0.2, 0.25) is 0 Å². The number of rotatable bonds is 3. The van der Waals surface area contributed by atoms with Crippen molar-refractivity contribution in [3.63, 3.8) is 0 Å². The van der Waals surface area contributed by atoms with E-state index in [0.29, 0.717) is 0 Å². The van der Waals surface area contributed by atoms with Gasteiger partial charge in [0.05, 0.1) is 0 Å². The second-order valence-electron chi connectivity index (χ2n) is 3.59. The summed E-state index contributed by atoms with van der Waals surface area (Å²) >= 11 is 3.31. The second kappa shape index (κ2) is 6.69. The first-order chi connectivity index (χ1) is 6.52. The van der Waals surface area contributed by atoms with E-state index in [9.17, 15) is 9.90 Å². The summed E-state index contributed by atoms with van der Waals surface area (Å²) in [6.07, 6.45) is 0. The fraction of sp³-hybridized carbons (Fsp3) is 0.364. The summed E-state index contributed by atoms with van der Waals surface area (Å²) in [6.45, 7) is 3.75. The maximum atomic E-state index is 10.9. The van der Waals surface area contributed by atoms with Gasteiger partial charge in [0.15, 0.2) is 0 Å². The molecule has 76 valence electrons. The van der Waals surface area contributed by atoms with Gasteiger partial charge in [-0.3, -0.25) is 0 Å². The standard InChI is InChI=1S/C11H13BrO2.Na/c1-7(2)10(11(13)14)8-3-5-9(12)6-4-8;/h3-7,10H,1-2H3,(H,13,14);/q;+1/p-1. The van der Waals surface area contributed by atoms with Gasteiger partial charge in [0, 0.05) is 16.4 Å². The fourth-order valence-corrected chi connectivity index (χ4v) is 1.73. The Labute approximate surface area is 120 Å². The molecule has 1 rings (SSSR count). The van der Waals surface area contributed by atoms with Crippen molar-refractivity contribution in [2.24, 2.45) is 5.92 Å². The van der Waals surface area contributed by atoms with Crippen LogP contribution in [0.3, 0.4) is 0 Å². The number of hydrogen-bond donors (Lipinski definition) is 0. The van der Waals surface area contributed by atoms with E-state index < -0.39 is 11.9 Å². The average Bonchev–Trinajstić information content (AvgIpc) is 2.07. The van der Waals surface area contributed by atoms with E-state index in [1.165, 1.54) is 0 Å². The Hall–Kier alpha value is 0.170. The molecule has 1 atom stereocenters. The molecule has 0 bridgehead atoms. The van der Waals surface area contributed by atoms with E-state index in [0.717, 1.165) is 10.0 Å². The minimum absolute atomic E-state index is 0. The summed E-state index contributed by atoms with van der Waals surface area (Å²) < 4.78 is 0.946. The molecule has 15 heavy (non-hydrogen) atoms. The molecule has 0 spiro atoms. The van der Waals surface area contributed by atoms with Crippen LogP contribution in [0, 0.1) is 5.92 Å². The van der Waals surface area contributed by atoms with Crippen molar-refractivity contribution < 1.29 is 39.5 Å². The first-order valence-electron chi connectivity index (χ1n) is 4.48. The summed E-state index contributed by atoms with van der Waals surface area (Å²) in [5, 5.41) is 10.9. The first-order valence-corrected chi connectivity index (χ1v) is 5.28. The quantitative estimate of drug-likeness (QED) is 0.662. The van der Waals surface area contributed by atoms with Crippen LogP contribution < -0.4 is 34.7 Å². The summed E-state index contributed by atoms with van der Waals surface area (Å²) in [5.41, 5.74) is 0.795. The molecule has 0 heterocycles. The topological polar surface area (TPSA) is 40.1 Å². The van der Waals surface area contributed by atoms with Gasteiger partial charge < -0.3 is 9.90 Å². The average molecular weight is 279 g/mol. The normalized spacial score (nSPS) is 12.0. The van der Waals surface area contributed by atoms with E-state index >= 15 is 0 Å². The van der Waals surface area contributed by atoms with Crippen LogP contribution in [-0.2, 0) is 4.79 Å². The van der Waals surface area contributed by atoms with Gasteiger partial charge in [0.2, 0.25) is 0 Å². The molecule has 0 aliphatic rings. The number of aliphatic carboxylic acids is 1. The largest absolute Gasteiger partial charge is 1.00 e. The Kier molecular flexibility index (Phi) is 6.76. The van der Waals surface area contributed by atoms with Gasteiger partial charge in [-0.25, -0.2) is 0 Å². The third kappa shape index (κ3) is 4.27. The third-order valence-electron chi connectivity index (χ3n) is 2.15. The van der Waals surface area contributed by atoms with Crippen LogP contribution >= 0.6 is 15.9 Å². The molecule has 1 unspecified atom stereocenters. The van der Waals surface area contributed by atoms with Crippen LogP contribution in [0.1, 0.15) is 25.3 Å². The van der Waals surface area contributed by atoms with Gasteiger partial charge in [-0.2, -0.15) is 0 Å². The molecule has 0 saturated heterocycles. The molecule has 0 radical (unpaired) electrons. The summed E-state index contributed by atoms with van der Waals surface area (Å²) in [6, 6.07) is 7.30. The van der Waals surface area contributed by atoms with Gasteiger partial charge in [0.1, 0.15) is 0 Å². The Balaban J connectivity index is 0.00000196. The summed E-state index contributed by atoms with van der Waals surface area (Å²) in [4.78, 5) is 10.9. The molecule has 2 nitrogen and oxygen atoms in total. The molecule has 0 aromatic heterocycles. The minimum Gasteiger partial charge on any atom is -0.549 e. The molecule has 4 heteroatoms. The molecule has 0 aliphatic carbocycles. The van der Waals surface area contributed by atoms with Crippen LogP contribution in [0.5, 0.6) is 0 Å². The maximum absolute atomic E-state index is 10.9. The smallest absolute Gasteiger partial charge is 0.549 e. The van der Waals surface area contributed by atoms with Crippen LogP contribution in [0.25, 0.3) is 0 Å². The van der Waals surface area contributed by atoms with E-state index in [2.05, 4.69) is 15.9 Å². The first kappa shape index (κ1) is 15.2. The van der Waals surface area contributed by atoms with Gasteiger partial charge in [-0.05, 0) is 23.6 Å². The second-order valence-corrected chi connectivity index (χ2v) is 4.51. The zero-order valence-electron chi connectivity index (χ0n) is 9.16. The van der Waals surface area contributed by atoms with Crippen molar-refractivity contribution in [2.75, 3.05) is 0 Å². The molecule has 0 aliphatic heterocycles. The molecule has 1 aromatic rings.